The lowest BCUT2D eigenvalue weighted by Crippen LogP contribution is -2.16. The molecule has 0 bridgehead atoms. The highest BCUT2D eigenvalue weighted by molar-refractivity contribution is 5.99. The number of nitrogens with one attached hydrogen (secondary N) is 1. The molecule has 94 valence electrons. The smallest absolute Gasteiger partial charge is 0.165 e. The van der Waals surface area contributed by atoms with Gasteiger partial charge in [-0.25, -0.2) is 0 Å². The molecule has 0 aromatic heterocycles. The first-order valence-corrected chi connectivity index (χ1v) is 6.03. The van der Waals surface area contributed by atoms with Crippen LogP contribution in [0.25, 0.3) is 0 Å². The average Bonchev–Trinajstić information content (AvgIpc) is 2.30. The third-order valence-electron chi connectivity index (χ3n) is 3.07. The molecular formula is C14H22N2O. The van der Waals surface area contributed by atoms with Crippen molar-refractivity contribution in [3.05, 3.63) is 34.4 Å². The summed E-state index contributed by atoms with van der Waals surface area (Å²) in [5, 5.41) is 3.12. The zero-order valence-electron chi connectivity index (χ0n) is 11.1. The van der Waals surface area contributed by atoms with Crippen molar-refractivity contribution in [2.24, 2.45) is 11.7 Å². The van der Waals surface area contributed by atoms with Gasteiger partial charge in [0.2, 0.25) is 0 Å². The van der Waals surface area contributed by atoms with E-state index in [0.29, 0.717) is 6.54 Å². The van der Waals surface area contributed by atoms with E-state index in [9.17, 15) is 4.79 Å². The number of carbonyl (C=O) groups excluding carboxylic acids is 1. The van der Waals surface area contributed by atoms with Crippen LogP contribution in [-0.4, -0.2) is 12.8 Å². The molecule has 0 heterocycles. The molecule has 0 amide bonds. The third-order valence-corrected chi connectivity index (χ3v) is 3.07. The fourth-order valence-corrected chi connectivity index (χ4v) is 1.99. The minimum Gasteiger partial charge on any atom is -0.326 e. The van der Waals surface area contributed by atoms with Gasteiger partial charge in [-0.1, -0.05) is 26.0 Å². The Morgan fingerprint density at radius 2 is 2.06 bits per heavy atom. The topological polar surface area (TPSA) is 55.1 Å². The van der Waals surface area contributed by atoms with Gasteiger partial charge in [-0.15, -0.1) is 0 Å². The Morgan fingerprint density at radius 3 is 2.53 bits per heavy atom. The Balaban J connectivity index is 3.25. The molecule has 0 aliphatic heterocycles. The average molecular weight is 234 g/mol. The normalized spacial score (nSPS) is 10.9. The molecule has 0 saturated carbocycles. The van der Waals surface area contributed by atoms with E-state index in [-0.39, 0.29) is 11.7 Å². The first kappa shape index (κ1) is 13.9. The molecular weight excluding hydrogens is 212 g/mol. The number of ketones is 1. The zero-order chi connectivity index (χ0) is 13.0. The highest BCUT2D eigenvalue weighted by atomic mass is 16.1. The van der Waals surface area contributed by atoms with Gasteiger partial charge in [0.15, 0.2) is 5.78 Å². The Bertz CT molecular complexity index is 411. The maximum Gasteiger partial charge on any atom is 0.165 e. The molecule has 0 aliphatic carbocycles. The maximum atomic E-state index is 12.1. The van der Waals surface area contributed by atoms with Crippen LogP contribution in [-0.2, 0) is 13.1 Å². The van der Waals surface area contributed by atoms with E-state index in [1.807, 2.05) is 40.0 Å². The Hall–Kier alpha value is -1.19. The number of hydrogen-bond acceptors (Lipinski definition) is 3. The van der Waals surface area contributed by atoms with Gasteiger partial charge in [-0.3, -0.25) is 4.79 Å². The van der Waals surface area contributed by atoms with Crippen molar-refractivity contribution in [3.63, 3.8) is 0 Å². The summed E-state index contributed by atoms with van der Waals surface area (Å²) < 4.78 is 0. The Labute approximate surface area is 103 Å². The molecule has 0 spiro atoms. The standard InChI is InChI=1S/C14H22N2O/c1-9(2)14(17)12-6-5-11(8-16-4)10(3)13(12)7-15/h5-6,9,16H,7-8,15H2,1-4H3. The fraction of sp³-hybridized carbons (Fsp3) is 0.500. The van der Waals surface area contributed by atoms with Crippen molar-refractivity contribution < 1.29 is 4.79 Å². The lowest BCUT2D eigenvalue weighted by Gasteiger charge is -2.15. The van der Waals surface area contributed by atoms with Gasteiger partial charge in [0, 0.05) is 24.6 Å². The van der Waals surface area contributed by atoms with Gasteiger partial charge in [0.25, 0.3) is 0 Å². The van der Waals surface area contributed by atoms with Gasteiger partial charge in [0.1, 0.15) is 0 Å². The predicted molar refractivity (Wildman–Crippen MR) is 71.0 cm³/mol. The molecule has 3 N–H and O–H groups in total. The van der Waals surface area contributed by atoms with Crippen molar-refractivity contribution in [2.75, 3.05) is 7.05 Å². The number of hydrogen-bond donors (Lipinski definition) is 2. The van der Waals surface area contributed by atoms with Crippen LogP contribution < -0.4 is 11.1 Å². The molecule has 1 aromatic rings. The van der Waals surface area contributed by atoms with Crippen molar-refractivity contribution in [3.8, 4) is 0 Å². The van der Waals surface area contributed by atoms with E-state index in [1.165, 1.54) is 5.56 Å². The maximum absolute atomic E-state index is 12.1. The Kier molecular flexibility index (Phi) is 4.85. The fourth-order valence-electron chi connectivity index (χ4n) is 1.99. The van der Waals surface area contributed by atoms with Crippen LogP contribution in [0.3, 0.4) is 0 Å². The van der Waals surface area contributed by atoms with E-state index < -0.39 is 0 Å². The minimum atomic E-state index is 0.00912. The summed E-state index contributed by atoms with van der Waals surface area (Å²) in [5.41, 5.74) is 9.88. The number of benzene rings is 1. The summed E-state index contributed by atoms with van der Waals surface area (Å²) in [6.07, 6.45) is 0. The van der Waals surface area contributed by atoms with Crippen LogP contribution in [0.4, 0.5) is 0 Å². The summed E-state index contributed by atoms with van der Waals surface area (Å²) in [7, 11) is 1.91. The summed E-state index contributed by atoms with van der Waals surface area (Å²) >= 11 is 0. The number of Topliss-reactive ketones (excluding diaryl/α,β-unsaturated/α-hetero) is 1. The molecule has 17 heavy (non-hydrogen) atoms. The molecule has 0 fully saturated rings. The van der Waals surface area contributed by atoms with Gasteiger partial charge in [-0.2, -0.15) is 0 Å². The molecule has 1 aromatic carbocycles. The van der Waals surface area contributed by atoms with Crippen LogP contribution in [0, 0.1) is 12.8 Å². The summed E-state index contributed by atoms with van der Waals surface area (Å²) in [6.45, 7) is 7.08. The van der Waals surface area contributed by atoms with E-state index in [1.54, 1.807) is 0 Å². The van der Waals surface area contributed by atoms with Crippen molar-refractivity contribution >= 4 is 5.78 Å². The monoisotopic (exact) mass is 234 g/mol. The molecule has 0 atom stereocenters. The SMILES string of the molecule is CNCc1ccc(C(=O)C(C)C)c(CN)c1C. The third kappa shape index (κ3) is 2.93. The van der Waals surface area contributed by atoms with E-state index in [2.05, 4.69) is 5.32 Å². The van der Waals surface area contributed by atoms with Gasteiger partial charge in [-0.05, 0) is 30.7 Å². The molecule has 3 heteroatoms. The van der Waals surface area contributed by atoms with Crippen LogP contribution in [0.15, 0.2) is 12.1 Å². The second-order valence-electron chi connectivity index (χ2n) is 4.63. The van der Waals surface area contributed by atoms with Crippen molar-refractivity contribution in [1.29, 1.82) is 0 Å². The lowest BCUT2D eigenvalue weighted by atomic mass is 9.91. The van der Waals surface area contributed by atoms with Crippen LogP contribution in [0.5, 0.6) is 0 Å². The second-order valence-corrected chi connectivity index (χ2v) is 4.63. The largest absolute Gasteiger partial charge is 0.326 e. The molecule has 0 aliphatic rings. The highest BCUT2D eigenvalue weighted by Gasteiger charge is 2.16. The van der Waals surface area contributed by atoms with Gasteiger partial charge >= 0.3 is 0 Å². The van der Waals surface area contributed by atoms with Crippen LogP contribution in [0.1, 0.15) is 40.9 Å². The number of carbonyl (C=O) groups is 1. The van der Waals surface area contributed by atoms with Gasteiger partial charge < -0.3 is 11.1 Å². The first-order valence-electron chi connectivity index (χ1n) is 6.03. The lowest BCUT2D eigenvalue weighted by molar-refractivity contribution is 0.0938. The summed E-state index contributed by atoms with van der Waals surface area (Å²) in [6, 6.07) is 3.92. The summed E-state index contributed by atoms with van der Waals surface area (Å²) in [5.74, 6) is 0.180. The van der Waals surface area contributed by atoms with Crippen LogP contribution >= 0.6 is 0 Å². The summed E-state index contributed by atoms with van der Waals surface area (Å²) in [4.78, 5) is 12.1. The number of nitrogens with two attached hydrogens (primary N) is 1. The molecule has 0 unspecified atom stereocenters. The van der Waals surface area contributed by atoms with E-state index >= 15 is 0 Å². The minimum absolute atomic E-state index is 0.00912. The van der Waals surface area contributed by atoms with Crippen LogP contribution in [0.2, 0.25) is 0 Å². The van der Waals surface area contributed by atoms with Crippen molar-refractivity contribution in [2.45, 2.75) is 33.9 Å². The first-order chi connectivity index (χ1) is 8.02. The van der Waals surface area contributed by atoms with Crippen molar-refractivity contribution in [1.82, 2.24) is 5.32 Å². The molecule has 0 saturated heterocycles. The molecule has 1 rings (SSSR count). The highest BCUT2D eigenvalue weighted by Crippen LogP contribution is 2.21. The quantitative estimate of drug-likeness (QED) is 0.766. The molecule has 0 radical (unpaired) electrons. The predicted octanol–water partition coefficient (Wildman–Crippen LogP) is 2.01. The number of rotatable bonds is 5. The van der Waals surface area contributed by atoms with Gasteiger partial charge in [0.05, 0.1) is 0 Å². The Morgan fingerprint density at radius 1 is 1.41 bits per heavy atom. The van der Waals surface area contributed by atoms with E-state index in [0.717, 1.165) is 23.2 Å². The molecule has 3 nitrogen and oxygen atoms in total. The second kappa shape index (κ2) is 5.94. The zero-order valence-corrected chi connectivity index (χ0v) is 11.1. The van der Waals surface area contributed by atoms with E-state index in [4.69, 9.17) is 5.73 Å².